The topological polar surface area (TPSA) is 61.4 Å². The molecule has 0 radical (unpaired) electrons. The molecule has 0 aliphatic carbocycles. The minimum atomic E-state index is -0.135. The number of nitrogens with zero attached hydrogens (tertiary/aromatic N) is 1. The zero-order valence-electron chi connectivity index (χ0n) is 16.9. The fourth-order valence-electron chi connectivity index (χ4n) is 4.25. The van der Waals surface area contributed by atoms with Gasteiger partial charge in [0.1, 0.15) is 0 Å². The number of fused-ring (bicyclic) bond motifs is 1. The lowest BCUT2D eigenvalue weighted by molar-refractivity contribution is -0.125. The second-order valence-electron chi connectivity index (χ2n) is 8.15. The zero-order valence-corrected chi connectivity index (χ0v) is 16.9. The summed E-state index contributed by atoms with van der Waals surface area (Å²) >= 11 is 0. The van der Waals surface area contributed by atoms with Gasteiger partial charge in [-0.3, -0.25) is 9.59 Å². The number of hydrogen-bond acceptors (Lipinski definition) is 3. The van der Waals surface area contributed by atoms with E-state index in [2.05, 4.69) is 29.4 Å². The van der Waals surface area contributed by atoms with Crippen LogP contribution >= 0.6 is 0 Å². The minimum absolute atomic E-state index is 0.0242. The van der Waals surface area contributed by atoms with E-state index < -0.39 is 0 Å². The Bertz CT molecular complexity index is 805. The van der Waals surface area contributed by atoms with Gasteiger partial charge in [0.05, 0.1) is 13.0 Å². The number of nitrogens with one attached hydrogen (secondary N) is 2. The number of piperidine rings is 1. The van der Waals surface area contributed by atoms with Crippen LogP contribution in [-0.2, 0) is 16.0 Å². The Labute approximate surface area is 167 Å². The molecule has 1 fully saturated rings. The third-order valence-corrected chi connectivity index (χ3v) is 5.37. The molecule has 1 heterocycles. The lowest BCUT2D eigenvalue weighted by Crippen LogP contribution is -2.44. The molecular weight excluding hydrogens is 350 g/mol. The smallest absolute Gasteiger partial charge is 0.239 e. The van der Waals surface area contributed by atoms with Crippen molar-refractivity contribution < 1.29 is 9.59 Å². The molecule has 0 aromatic heterocycles. The largest absolute Gasteiger partial charge is 0.353 e. The highest BCUT2D eigenvalue weighted by molar-refractivity contribution is 5.91. The van der Waals surface area contributed by atoms with Crippen LogP contribution in [0, 0.1) is 11.8 Å². The molecule has 150 valence electrons. The first-order valence-corrected chi connectivity index (χ1v) is 10.2. The van der Waals surface area contributed by atoms with Gasteiger partial charge in [0.2, 0.25) is 11.8 Å². The van der Waals surface area contributed by atoms with Crippen LogP contribution in [0.1, 0.15) is 25.8 Å². The molecule has 2 unspecified atom stereocenters. The van der Waals surface area contributed by atoms with Gasteiger partial charge in [0.15, 0.2) is 0 Å². The molecule has 5 heteroatoms. The number of hydrogen-bond donors (Lipinski definition) is 2. The summed E-state index contributed by atoms with van der Waals surface area (Å²) in [6.07, 6.45) is 1.56. The van der Waals surface area contributed by atoms with Crippen molar-refractivity contribution in [3.05, 3.63) is 48.0 Å². The van der Waals surface area contributed by atoms with Gasteiger partial charge in [0, 0.05) is 26.2 Å². The molecule has 1 aliphatic heterocycles. The molecule has 2 amide bonds. The number of amides is 2. The summed E-state index contributed by atoms with van der Waals surface area (Å²) < 4.78 is 0. The van der Waals surface area contributed by atoms with Crippen LogP contribution < -0.4 is 10.6 Å². The van der Waals surface area contributed by atoms with Gasteiger partial charge in [-0.15, -0.1) is 0 Å². The van der Waals surface area contributed by atoms with Crippen molar-refractivity contribution >= 4 is 22.6 Å². The highest BCUT2D eigenvalue weighted by atomic mass is 16.2. The Morgan fingerprint density at radius 3 is 2.46 bits per heavy atom. The summed E-state index contributed by atoms with van der Waals surface area (Å²) in [6, 6.07) is 14.0. The Morgan fingerprint density at radius 2 is 1.68 bits per heavy atom. The fourth-order valence-corrected chi connectivity index (χ4v) is 4.25. The van der Waals surface area contributed by atoms with E-state index in [0.29, 0.717) is 18.4 Å². The van der Waals surface area contributed by atoms with Crippen molar-refractivity contribution in [2.75, 3.05) is 32.7 Å². The molecule has 1 saturated heterocycles. The lowest BCUT2D eigenvalue weighted by Gasteiger charge is -2.34. The quantitative estimate of drug-likeness (QED) is 0.775. The summed E-state index contributed by atoms with van der Waals surface area (Å²) in [5.74, 6) is 1.16. The molecule has 1 aliphatic rings. The van der Waals surface area contributed by atoms with Gasteiger partial charge >= 0.3 is 0 Å². The van der Waals surface area contributed by atoms with Gasteiger partial charge in [-0.1, -0.05) is 56.3 Å². The van der Waals surface area contributed by atoms with Crippen LogP contribution in [0.15, 0.2) is 42.5 Å². The molecule has 0 spiro atoms. The maximum absolute atomic E-state index is 12.3. The van der Waals surface area contributed by atoms with Gasteiger partial charge in [-0.05, 0) is 34.6 Å². The van der Waals surface area contributed by atoms with Crippen molar-refractivity contribution in [1.82, 2.24) is 15.5 Å². The van der Waals surface area contributed by atoms with Gasteiger partial charge < -0.3 is 15.5 Å². The van der Waals surface area contributed by atoms with Gasteiger partial charge in [0.25, 0.3) is 0 Å². The van der Waals surface area contributed by atoms with E-state index in [0.717, 1.165) is 36.0 Å². The Hall–Kier alpha value is -2.40. The lowest BCUT2D eigenvalue weighted by atomic mass is 9.92. The first kappa shape index (κ1) is 20.3. The molecule has 5 nitrogen and oxygen atoms in total. The van der Waals surface area contributed by atoms with Crippen molar-refractivity contribution in [2.45, 2.75) is 26.7 Å². The van der Waals surface area contributed by atoms with Crippen LogP contribution in [0.5, 0.6) is 0 Å². The number of benzene rings is 2. The standard InChI is InChI=1S/C23H31N3O2/c1-17-12-18(2)16-26(15-17)11-10-24-23(28)14-25-22(27)13-20-8-5-7-19-6-3-4-9-21(19)20/h3-9,17-18H,10-16H2,1-2H3,(H,24,28)(H,25,27). The number of rotatable bonds is 7. The Morgan fingerprint density at radius 1 is 0.964 bits per heavy atom. The Kier molecular flexibility index (Phi) is 7.04. The molecule has 2 aromatic rings. The second-order valence-corrected chi connectivity index (χ2v) is 8.15. The van der Waals surface area contributed by atoms with E-state index in [-0.39, 0.29) is 24.8 Å². The predicted molar refractivity (Wildman–Crippen MR) is 113 cm³/mol. The average Bonchev–Trinajstić information content (AvgIpc) is 2.66. The van der Waals surface area contributed by atoms with Gasteiger partial charge in [-0.2, -0.15) is 0 Å². The van der Waals surface area contributed by atoms with Crippen LogP contribution in [0.2, 0.25) is 0 Å². The Balaban J connectivity index is 1.39. The van der Waals surface area contributed by atoms with Crippen molar-refractivity contribution in [1.29, 1.82) is 0 Å². The molecule has 28 heavy (non-hydrogen) atoms. The van der Waals surface area contributed by atoms with Crippen molar-refractivity contribution in [3.63, 3.8) is 0 Å². The summed E-state index contributed by atoms with van der Waals surface area (Å²) in [6.45, 7) is 8.28. The fraction of sp³-hybridized carbons (Fsp3) is 0.478. The third kappa shape index (κ3) is 5.80. The SMILES string of the molecule is CC1CC(C)CN(CCNC(=O)CNC(=O)Cc2cccc3ccccc23)C1. The monoisotopic (exact) mass is 381 g/mol. The first-order valence-electron chi connectivity index (χ1n) is 10.2. The predicted octanol–water partition coefficient (Wildman–Crippen LogP) is 2.59. The number of carbonyl (C=O) groups is 2. The summed E-state index contributed by atoms with van der Waals surface area (Å²) in [5.41, 5.74) is 0.976. The molecule has 2 atom stereocenters. The molecular formula is C23H31N3O2. The second kappa shape index (κ2) is 9.69. The van der Waals surface area contributed by atoms with E-state index in [1.54, 1.807) is 0 Å². The van der Waals surface area contributed by atoms with E-state index in [1.807, 2.05) is 42.5 Å². The third-order valence-electron chi connectivity index (χ3n) is 5.37. The van der Waals surface area contributed by atoms with E-state index >= 15 is 0 Å². The van der Waals surface area contributed by atoms with Gasteiger partial charge in [-0.25, -0.2) is 0 Å². The van der Waals surface area contributed by atoms with Crippen LogP contribution in [0.3, 0.4) is 0 Å². The maximum atomic E-state index is 12.3. The molecule has 2 aromatic carbocycles. The van der Waals surface area contributed by atoms with Crippen molar-refractivity contribution in [2.24, 2.45) is 11.8 Å². The minimum Gasteiger partial charge on any atom is -0.353 e. The number of likely N-dealkylation sites (tertiary alicyclic amines) is 1. The highest BCUT2D eigenvalue weighted by Crippen LogP contribution is 2.20. The normalized spacial score (nSPS) is 20.1. The highest BCUT2D eigenvalue weighted by Gasteiger charge is 2.21. The van der Waals surface area contributed by atoms with E-state index in [1.165, 1.54) is 6.42 Å². The van der Waals surface area contributed by atoms with Crippen molar-refractivity contribution in [3.8, 4) is 0 Å². The maximum Gasteiger partial charge on any atom is 0.239 e. The van der Waals surface area contributed by atoms with Crippen LogP contribution in [0.4, 0.5) is 0 Å². The number of carbonyl (C=O) groups excluding carboxylic acids is 2. The zero-order chi connectivity index (χ0) is 19.9. The first-order chi connectivity index (χ1) is 13.5. The van der Waals surface area contributed by atoms with Crippen LogP contribution in [0.25, 0.3) is 10.8 Å². The molecule has 0 saturated carbocycles. The molecule has 0 bridgehead atoms. The summed E-state index contributed by atoms with van der Waals surface area (Å²) in [5, 5.41) is 7.84. The summed E-state index contributed by atoms with van der Waals surface area (Å²) in [4.78, 5) is 26.7. The van der Waals surface area contributed by atoms with Crippen LogP contribution in [-0.4, -0.2) is 49.4 Å². The average molecular weight is 382 g/mol. The molecule has 3 rings (SSSR count). The van der Waals surface area contributed by atoms with E-state index in [9.17, 15) is 9.59 Å². The van der Waals surface area contributed by atoms with E-state index in [4.69, 9.17) is 0 Å². The molecule has 2 N–H and O–H groups in total. The summed E-state index contributed by atoms with van der Waals surface area (Å²) in [7, 11) is 0.